The molecule has 0 fully saturated rings. The number of nitrogens with zero attached hydrogens (tertiary/aromatic N) is 1. The molecule has 3 heteroatoms. The summed E-state index contributed by atoms with van der Waals surface area (Å²) in [5.41, 5.74) is 18.5. The summed E-state index contributed by atoms with van der Waals surface area (Å²) in [5.74, 6) is 0. The summed E-state index contributed by atoms with van der Waals surface area (Å²) in [6, 6.07) is 71.7. The van der Waals surface area contributed by atoms with E-state index >= 15 is 0 Å². The monoisotopic (exact) mass is 769 g/mol. The highest BCUT2D eigenvalue weighted by Gasteiger charge is 2.36. The van der Waals surface area contributed by atoms with Crippen LogP contribution in [0.4, 0.5) is 17.1 Å². The van der Waals surface area contributed by atoms with Gasteiger partial charge in [0.25, 0.3) is 0 Å². The van der Waals surface area contributed by atoms with Crippen molar-refractivity contribution in [1.82, 2.24) is 0 Å². The fourth-order valence-corrected chi connectivity index (χ4v) is 9.69. The van der Waals surface area contributed by atoms with Crippen molar-refractivity contribution in [1.29, 1.82) is 0 Å². The van der Waals surface area contributed by atoms with Crippen molar-refractivity contribution in [3.63, 3.8) is 0 Å². The molecule has 9 aromatic carbocycles. The summed E-state index contributed by atoms with van der Waals surface area (Å²) < 4.78 is 13.9. The predicted octanol–water partition coefficient (Wildman–Crippen LogP) is 16.3. The van der Waals surface area contributed by atoms with Gasteiger partial charge in [-0.15, -0.1) is 0 Å². The lowest BCUT2D eigenvalue weighted by molar-refractivity contribution is 0.660. The summed E-state index contributed by atoms with van der Waals surface area (Å²) in [4.78, 5) is 2.34. The highest BCUT2D eigenvalue weighted by atomic mass is 16.3. The number of hydrogen-bond acceptors (Lipinski definition) is 3. The van der Waals surface area contributed by atoms with Crippen LogP contribution in [0.2, 0.25) is 0 Å². The van der Waals surface area contributed by atoms with Gasteiger partial charge in [0, 0.05) is 43.9 Å². The first-order valence-electron chi connectivity index (χ1n) is 20.7. The zero-order valence-electron chi connectivity index (χ0n) is 33.3. The van der Waals surface area contributed by atoms with Gasteiger partial charge in [0.15, 0.2) is 5.58 Å². The van der Waals surface area contributed by atoms with Crippen LogP contribution in [0.3, 0.4) is 0 Å². The second-order valence-electron chi connectivity index (χ2n) is 16.5. The molecule has 1 aliphatic carbocycles. The Morgan fingerprint density at radius 3 is 1.57 bits per heavy atom. The van der Waals surface area contributed by atoms with Crippen LogP contribution in [-0.4, -0.2) is 0 Å². The van der Waals surface area contributed by atoms with Crippen LogP contribution in [-0.2, 0) is 5.41 Å². The molecule has 1 aliphatic rings. The highest BCUT2D eigenvalue weighted by Crippen LogP contribution is 2.51. The van der Waals surface area contributed by atoms with Crippen molar-refractivity contribution in [2.75, 3.05) is 4.90 Å². The quantitative estimate of drug-likeness (QED) is 0.169. The summed E-state index contributed by atoms with van der Waals surface area (Å²) in [6.07, 6.45) is 0. The van der Waals surface area contributed by atoms with E-state index in [1.165, 1.54) is 33.4 Å². The van der Waals surface area contributed by atoms with E-state index in [1.54, 1.807) is 0 Å². The van der Waals surface area contributed by atoms with Crippen LogP contribution in [0.25, 0.3) is 88.4 Å². The average molecular weight is 770 g/mol. The van der Waals surface area contributed by atoms with Gasteiger partial charge in [-0.2, -0.15) is 0 Å². The molecule has 2 aromatic heterocycles. The summed E-state index contributed by atoms with van der Waals surface area (Å²) in [5, 5.41) is 4.16. The molecule has 0 saturated carbocycles. The Kier molecular flexibility index (Phi) is 7.58. The van der Waals surface area contributed by atoms with E-state index in [2.05, 4.69) is 219 Å². The van der Waals surface area contributed by atoms with E-state index in [9.17, 15) is 0 Å². The first-order chi connectivity index (χ1) is 29.5. The van der Waals surface area contributed by atoms with Crippen molar-refractivity contribution >= 4 is 60.9 Å². The van der Waals surface area contributed by atoms with Crippen molar-refractivity contribution in [2.45, 2.75) is 19.3 Å². The molecule has 284 valence electrons. The van der Waals surface area contributed by atoms with E-state index < -0.39 is 0 Å². The van der Waals surface area contributed by atoms with Gasteiger partial charge in [0.2, 0.25) is 0 Å². The molecule has 0 aliphatic heterocycles. The number of hydrogen-bond donors (Lipinski definition) is 0. The molecule has 11 aromatic rings. The molecule has 0 spiro atoms. The van der Waals surface area contributed by atoms with Crippen LogP contribution in [0.1, 0.15) is 25.0 Å². The summed E-state index contributed by atoms with van der Waals surface area (Å²) >= 11 is 0. The van der Waals surface area contributed by atoms with E-state index in [0.29, 0.717) is 0 Å². The van der Waals surface area contributed by atoms with Crippen LogP contribution >= 0.6 is 0 Å². The average Bonchev–Trinajstić information content (AvgIpc) is 3.93. The largest absolute Gasteiger partial charge is 0.455 e. The van der Waals surface area contributed by atoms with Gasteiger partial charge < -0.3 is 13.7 Å². The van der Waals surface area contributed by atoms with E-state index in [1.807, 2.05) is 0 Å². The van der Waals surface area contributed by atoms with Crippen molar-refractivity contribution in [2.24, 2.45) is 0 Å². The lowest BCUT2D eigenvalue weighted by Gasteiger charge is -2.28. The lowest BCUT2D eigenvalue weighted by Crippen LogP contribution is -2.16. The minimum atomic E-state index is -0.124. The maximum absolute atomic E-state index is 6.98. The smallest absolute Gasteiger partial charge is 0.159 e. The van der Waals surface area contributed by atoms with Crippen LogP contribution in [0.5, 0.6) is 0 Å². The van der Waals surface area contributed by atoms with E-state index in [0.717, 1.165) is 83.2 Å². The third-order valence-electron chi connectivity index (χ3n) is 12.6. The Morgan fingerprint density at radius 1 is 0.350 bits per heavy atom. The number of anilines is 3. The molecule has 0 bridgehead atoms. The highest BCUT2D eigenvalue weighted by molar-refractivity contribution is 6.18. The van der Waals surface area contributed by atoms with E-state index in [-0.39, 0.29) is 5.41 Å². The zero-order chi connectivity index (χ0) is 40.0. The van der Waals surface area contributed by atoms with Gasteiger partial charge in [0.1, 0.15) is 16.7 Å². The standard InChI is InChI=1S/C57H39NO2/c1-57(2)50-26-13-12-22-44(50)45-29-28-42(33-51(45)57)58(41-20-10-5-11-21-41)52-27-15-25-47-49-35-53-48(34-54(49)60-56(47)52)46-24-14-23-43(55(46)59-53)40-31-38(36-16-6-3-7-17-36)30-39(32-40)37-18-8-4-9-19-37/h3-35H,1-2H3. The minimum absolute atomic E-state index is 0.124. The Morgan fingerprint density at radius 2 is 0.883 bits per heavy atom. The molecule has 0 unspecified atom stereocenters. The van der Waals surface area contributed by atoms with Crippen molar-refractivity contribution < 1.29 is 8.83 Å². The SMILES string of the molecule is CC1(C)c2ccccc2-c2ccc(N(c3ccccc3)c3cccc4c3oc3cc5c(cc34)oc3c(-c4cc(-c6ccccc6)cc(-c6ccccc6)c4)cccc35)cc21. The maximum atomic E-state index is 6.98. The Bertz CT molecular complexity index is 3390. The molecular weight excluding hydrogens is 731 g/mol. The number of rotatable bonds is 6. The van der Waals surface area contributed by atoms with Gasteiger partial charge in [-0.3, -0.25) is 0 Å². The molecule has 0 radical (unpaired) electrons. The van der Waals surface area contributed by atoms with E-state index in [4.69, 9.17) is 8.83 Å². The molecule has 0 atom stereocenters. The molecule has 0 saturated heterocycles. The summed E-state index contributed by atoms with van der Waals surface area (Å²) in [6.45, 7) is 4.67. The van der Waals surface area contributed by atoms with Crippen LogP contribution in [0, 0.1) is 0 Å². The third kappa shape index (κ3) is 5.29. The van der Waals surface area contributed by atoms with Gasteiger partial charge in [-0.05, 0) is 111 Å². The van der Waals surface area contributed by atoms with Gasteiger partial charge in [0.05, 0.1) is 5.69 Å². The molecule has 60 heavy (non-hydrogen) atoms. The number of furan rings is 2. The predicted molar refractivity (Wildman–Crippen MR) is 250 cm³/mol. The van der Waals surface area contributed by atoms with Gasteiger partial charge in [-0.25, -0.2) is 0 Å². The second-order valence-corrected chi connectivity index (χ2v) is 16.5. The van der Waals surface area contributed by atoms with Gasteiger partial charge in [-0.1, -0.05) is 153 Å². The first-order valence-corrected chi connectivity index (χ1v) is 20.7. The Hall–Kier alpha value is -7.62. The number of para-hydroxylation sites is 3. The number of benzene rings is 9. The lowest BCUT2D eigenvalue weighted by atomic mass is 9.82. The fraction of sp³-hybridized carbons (Fsp3) is 0.0526. The second kappa shape index (κ2) is 13.2. The maximum Gasteiger partial charge on any atom is 0.159 e. The third-order valence-corrected chi connectivity index (χ3v) is 12.6. The molecule has 0 amide bonds. The molecule has 0 N–H and O–H groups in total. The number of fused-ring (bicyclic) bond motifs is 9. The molecule has 2 heterocycles. The fourth-order valence-electron chi connectivity index (χ4n) is 9.69. The van der Waals surface area contributed by atoms with Crippen LogP contribution < -0.4 is 4.90 Å². The Labute approximate surface area is 348 Å². The Balaban J connectivity index is 1.02. The van der Waals surface area contributed by atoms with Gasteiger partial charge >= 0.3 is 0 Å². The van der Waals surface area contributed by atoms with Crippen molar-refractivity contribution in [3.05, 3.63) is 211 Å². The summed E-state index contributed by atoms with van der Waals surface area (Å²) in [7, 11) is 0. The first kappa shape index (κ1) is 34.4. The topological polar surface area (TPSA) is 29.5 Å². The zero-order valence-corrected chi connectivity index (χ0v) is 33.3. The molecule has 3 nitrogen and oxygen atoms in total. The normalized spacial score (nSPS) is 13.0. The van der Waals surface area contributed by atoms with Crippen molar-refractivity contribution in [3.8, 4) is 44.5 Å². The van der Waals surface area contributed by atoms with Crippen LogP contribution in [0.15, 0.2) is 209 Å². The molecular formula is C57H39NO2. The minimum Gasteiger partial charge on any atom is -0.455 e. The molecule has 12 rings (SSSR count).